The summed E-state index contributed by atoms with van der Waals surface area (Å²) in [5, 5.41) is 3.82. The number of nitrogens with one attached hydrogen (secondary N) is 1. The van der Waals surface area contributed by atoms with Gasteiger partial charge in [0.2, 0.25) is 5.91 Å². The molecule has 0 atom stereocenters. The van der Waals surface area contributed by atoms with Gasteiger partial charge in [-0.15, -0.1) is 0 Å². The fourth-order valence-corrected chi connectivity index (χ4v) is 3.78. The van der Waals surface area contributed by atoms with Crippen LogP contribution in [-0.2, 0) is 11.8 Å². The van der Waals surface area contributed by atoms with Gasteiger partial charge >= 0.3 is 0 Å². The van der Waals surface area contributed by atoms with Crippen LogP contribution < -0.4 is 10.2 Å². The molecule has 27 heavy (non-hydrogen) atoms. The second-order valence-corrected chi connectivity index (χ2v) is 7.04. The van der Waals surface area contributed by atoms with E-state index in [1.807, 2.05) is 17.7 Å². The number of hydrogen-bond donors (Lipinski definition) is 1. The van der Waals surface area contributed by atoms with Crippen molar-refractivity contribution in [3.05, 3.63) is 55.4 Å². The average molecular weight is 360 g/mol. The number of carbonyl (C=O) groups excluding carboxylic acids is 1. The van der Waals surface area contributed by atoms with Gasteiger partial charge in [0.05, 0.1) is 11.9 Å². The van der Waals surface area contributed by atoms with Gasteiger partial charge in [0, 0.05) is 43.0 Å². The highest BCUT2D eigenvalue weighted by Gasteiger charge is 2.14. The highest BCUT2D eigenvalue weighted by atomic mass is 16.1. The molecule has 5 heteroatoms. The van der Waals surface area contributed by atoms with Crippen LogP contribution in [0.25, 0.3) is 22.2 Å². The summed E-state index contributed by atoms with van der Waals surface area (Å²) in [6.07, 6.45) is 8.88. The highest BCUT2D eigenvalue weighted by molar-refractivity contribution is 6.02. The Morgan fingerprint density at radius 1 is 1.22 bits per heavy atom. The zero-order valence-corrected chi connectivity index (χ0v) is 15.6. The number of anilines is 2. The van der Waals surface area contributed by atoms with Crippen molar-refractivity contribution < 1.29 is 4.79 Å². The van der Waals surface area contributed by atoms with Crippen LogP contribution in [0.3, 0.4) is 0 Å². The van der Waals surface area contributed by atoms with Crippen molar-refractivity contribution >= 4 is 28.3 Å². The van der Waals surface area contributed by atoms with Crippen molar-refractivity contribution in [2.45, 2.75) is 19.3 Å². The smallest absolute Gasteiger partial charge is 0.247 e. The molecule has 3 aromatic rings. The molecule has 1 N–H and O–H groups in total. The maximum atomic E-state index is 11.6. The van der Waals surface area contributed by atoms with E-state index in [0.29, 0.717) is 5.69 Å². The highest BCUT2D eigenvalue weighted by Crippen LogP contribution is 2.33. The Hall–Kier alpha value is -3.08. The average Bonchev–Trinajstić information content (AvgIpc) is 3.04. The summed E-state index contributed by atoms with van der Waals surface area (Å²) in [7, 11) is 2.00. The Labute approximate surface area is 159 Å². The van der Waals surface area contributed by atoms with E-state index in [0.717, 1.165) is 35.2 Å². The number of rotatable bonds is 4. The molecule has 1 aromatic carbocycles. The summed E-state index contributed by atoms with van der Waals surface area (Å²) >= 11 is 0. The molecule has 0 spiro atoms. The van der Waals surface area contributed by atoms with Crippen molar-refractivity contribution in [1.29, 1.82) is 0 Å². The molecule has 1 aliphatic heterocycles. The zero-order valence-electron chi connectivity index (χ0n) is 15.6. The predicted molar refractivity (Wildman–Crippen MR) is 111 cm³/mol. The van der Waals surface area contributed by atoms with E-state index in [4.69, 9.17) is 0 Å². The minimum Gasteiger partial charge on any atom is -0.372 e. The van der Waals surface area contributed by atoms with E-state index in [1.165, 1.54) is 31.0 Å². The van der Waals surface area contributed by atoms with Crippen LogP contribution in [0.5, 0.6) is 0 Å². The Bertz CT molecular complexity index is 999. The summed E-state index contributed by atoms with van der Waals surface area (Å²) in [6.45, 7) is 5.75. The van der Waals surface area contributed by atoms with E-state index in [-0.39, 0.29) is 5.91 Å². The fraction of sp³-hybridized carbons (Fsp3) is 0.273. The summed E-state index contributed by atoms with van der Waals surface area (Å²) in [5.74, 6) is -0.235. The summed E-state index contributed by atoms with van der Waals surface area (Å²) in [5.41, 5.74) is 5.12. The van der Waals surface area contributed by atoms with Crippen molar-refractivity contribution in [3.63, 3.8) is 0 Å². The van der Waals surface area contributed by atoms with Crippen LogP contribution in [0.1, 0.15) is 19.3 Å². The maximum Gasteiger partial charge on any atom is 0.247 e. The largest absolute Gasteiger partial charge is 0.372 e. The number of hydrogen-bond acceptors (Lipinski definition) is 3. The second-order valence-electron chi connectivity index (χ2n) is 7.04. The topological polar surface area (TPSA) is 50.2 Å². The molecule has 138 valence electrons. The van der Waals surface area contributed by atoms with Crippen LogP contribution in [0.4, 0.5) is 11.4 Å². The first-order valence-electron chi connectivity index (χ1n) is 9.39. The molecule has 0 saturated carbocycles. The predicted octanol–water partition coefficient (Wildman–Crippen LogP) is 4.36. The van der Waals surface area contributed by atoms with Crippen LogP contribution in [0.15, 0.2) is 55.4 Å². The lowest BCUT2D eigenvalue weighted by molar-refractivity contribution is -0.111. The summed E-state index contributed by atoms with van der Waals surface area (Å²) in [4.78, 5) is 18.6. The number of benzene rings is 1. The van der Waals surface area contributed by atoms with Crippen LogP contribution in [0.2, 0.25) is 0 Å². The lowest BCUT2D eigenvalue weighted by atomic mass is 10.0. The monoisotopic (exact) mass is 360 g/mol. The van der Waals surface area contributed by atoms with Crippen molar-refractivity contribution in [1.82, 2.24) is 9.55 Å². The molecule has 3 heterocycles. The Kier molecular flexibility index (Phi) is 4.67. The third kappa shape index (κ3) is 3.45. The van der Waals surface area contributed by atoms with E-state index in [9.17, 15) is 4.79 Å². The molecule has 0 unspecified atom stereocenters. The third-order valence-corrected chi connectivity index (χ3v) is 5.14. The molecular weight excluding hydrogens is 336 g/mol. The molecular formula is C22H24N4O. The van der Waals surface area contributed by atoms with Gasteiger partial charge in [0.25, 0.3) is 0 Å². The maximum absolute atomic E-state index is 11.6. The van der Waals surface area contributed by atoms with Gasteiger partial charge in [-0.3, -0.25) is 4.79 Å². The molecule has 1 amide bonds. The second kappa shape index (κ2) is 7.27. The molecule has 1 fully saturated rings. The van der Waals surface area contributed by atoms with Crippen LogP contribution >= 0.6 is 0 Å². The number of pyridine rings is 1. The lowest BCUT2D eigenvalue weighted by Gasteiger charge is -2.29. The Balaban J connectivity index is 1.75. The van der Waals surface area contributed by atoms with E-state index in [2.05, 4.69) is 52.2 Å². The molecule has 0 bridgehead atoms. The van der Waals surface area contributed by atoms with Gasteiger partial charge in [-0.1, -0.05) is 18.7 Å². The van der Waals surface area contributed by atoms with Crippen molar-refractivity contribution in [2.75, 3.05) is 23.3 Å². The van der Waals surface area contributed by atoms with Crippen LogP contribution in [-0.4, -0.2) is 28.5 Å². The fourth-order valence-electron chi connectivity index (χ4n) is 3.78. The van der Waals surface area contributed by atoms with Crippen molar-refractivity contribution in [3.8, 4) is 11.1 Å². The van der Waals surface area contributed by atoms with E-state index in [1.54, 1.807) is 6.20 Å². The van der Waals surface area contributed by atoms with E-state index >= 15 is 0 Å². The lowest BCUT2D eigenvalue weighted by Crippen LogP contribution is -2.29. The van der Waals surface area contributed by atoms with Gasteiger partial charge in [-0.05, 0) is 49.1 Å². The number of nitrogens with zero attached hydrogens (tertiary/aromatic N) is 3. The summed E-state index contributed by atoms with van der Waals surface area (Å²) in [6, 6.07) is 10.7. The molecule has 4 rings (SSSR count). The Morgan fingerprint density at radius 3 is 2.81 bits per heavy atom. The Morgan fingerprint density at radius 2 is 2.04 bits per heavy atom. The first-order valence-corrected chi connectivity index (χ1v) is 9.39. The number of piperidine rings is 1. The van der Waals surface area contributed by atoms with Gasteiger partial charge < -0.3 is 14.8 Å². The number of fused-ring (bicyclic) bond motifs is 1. The van der Waals surface area contributed by atoms with Gasteiger partial charge in [0.1, 0.15) is 5.65 Å². The third-order valence-electron chi connectivity index (χ3n) is 5.14. The number of aromatic nitrogens is 2. The quantitative estimate of drug-likeness (QED) is 0.704. The SMILES string of the molecule is C=CC(=O)Nc1cnc2c(c1)c(-c1cccc(N3CCCCC3)c1)cn2C. The normalized spacial score (nSPS) is 14.3. The molecule has 0 radical (unpaired) electrons. The molecule has 5 nitrogen and oxygen atoms in total. The van der Waals surface area contributed by atoms with Gasteiger partial charge in [-0.25, -0.2) is 4.98 Å². The minimum absolute atomic E-state index is 0.235. The summed E-state index contributed by atoms with van der Waals surface area (Å²) < 4.78 is 2.03. The van der Waals surface area contributed by atoms with Gasteiger partial charge in [0.15, 0.2) is 0 Å². The number of carbonyl (C=O) groups is 1. The molecule has 2 aromatic heterocycles. The number of aryl methyl sites for hydroxylation is 1. The molecule has 1 saturated heterocycles. The van der Waals surface area contributed by atoms with Crippen LogP contribution in [0, 0.1) is 0 Å². The molecule has 0 aliphatic carbocycles. The number of amides is 1. The minimum atomic E-state index is -0.235. The van der Waals surface area contributed by atoms with Gasteiger partial charge in [-0.2, -0.15) is 0 Å². The first-order chi connectivity index (χ1) is 13.2. The van der Waals surface area contributed by atoms with E-state index < -0.39 is 0 Å². The molecule has 1 aliphatic rings. The zero-order chi connectivity index (χ0) is 18.8. The standard InChI is InChI=1S/C22H24N4O/c1-3-21(27)24-17-13-19-20(15-25(2)22(19)23-14-17)16-8-7-9-18(12-16)26-10-5-4-6-11-26/h3,7-9,12-15H,1,4-6,10-11H2,2H3,(H,24,27). The first kappa shape index (κ1) is 17.3. The van der Waals surface area contributed by atoms with Crippen molar-refractivity contribution in [2.24, 2.45) is 7.05 Å².